The van der Waals surface area contributed by atoms with Crippen molar-refractivity contribution in [2.45, 2.75) is 24.8 Å². The number of aromatic nitrogens is 4. The van der Waals surface area contributed by atoms with Crippen molar-refractivity contribution in [3.8, 4) is 0 Å². The number of aromatic amines is 1. The fourth-order valence-electron chi connectivity index (χ4n) is 1.59. The molecule has 0 bridgehead atoms. The lowest BCUT2D eigenvalue weighted by Gasteiger charge is -2.11. The topological polar surface area (TPSA) is 101 Å². The average Bonchev–Trinajstić information content (AvgIpc) is 2.93. The second-order valence-corrected chi connectivity index (χ2v) is 6.34. The Morgan fingerprint density at radius 2 is 2.00 bits per heavy atom. The van der Waals surface area contributed by atoms with Crippen LogP contribution in [0.15, 0.2) is 29.2 Å². The van der Waals surface area contributed by atoms with E-state index in [1.165, 1.54) is 0 Å². The summed E-state index contributed by atoms with van der Waals surface area (Å²) in [5, 5.41) is 16.8. The molecule has 0 radical (unpaired) electrons. The normalized spacial score (nSPS) is 13.2. The van der Waals surface area contributed by atoms with Crippen LogP contribution in [0.2, 0.25) is 0 Å². The van der Waals surface area contributed by atoms with Crippen molar-refractivity contribution in [2.75, 3.05) is 11.1 Å². The number of rotatable bonds is 5. The van der Waals surface area contributed by atoms with E-state index in [1.807, 2.05) is 6.92 Å². The van der Waals surface area contributed by atoms with Gasteiger partial charge in [0.1, 0.15) is 0 Å². The molecule has 0 aliphatic carbocycles. The van der Waals surface area contributed by atoms with Crippen molar-refractivity contribution in [3.05, 3.63) is 30.1 Å². The molecule has 1 aromatic carbocycles. The average molecular weight is 281 g/mol. The largest absolute Gasteiger partial charge is 0.375 e. The Labute approximate surface area is 111 Å². The number of nitrogens with zero attached hydrogens (tertiary/aromatic N) is 3. The molecule has 102 valence electrons. The van der Waals surface area contributed by atoms with Crippen LogP contribution in [0.3, 0.4) is 0 Å². The highest BCUT2D eigenvalue weighted by Crippen LogP contribution is 2.19. The van der Waals surface area contributed by atoms with E-state index in [0.29, 0.717) is 10.7 Å². The van der Waals surface area contributed by atoms with Gasteiger partial charge in [0.05, 0.1) is 16.7 Å². The summed E-state index contributed by atoms with van der Waals surface area (Å²) >= 11 is 0. The Bertz CT molecular complexity index is 622. The van der Waals surface area contributed by atoms with Crippen LogP contribution >= 0.6 is 0 Å². The second-order valence-electron chi connectivity index (χ2n) is 4.06. The molecule has 1 atom stereocenters. The van der Waals surface area contributed by atoms with Crippen molar-refractivity contribution in [1.82, 2.24) is 20.6 Å². The molecule has 19 heavy (non-hydrogen) atoms. The molecule has 0 spiro atoms. The number of hydrogen-bond acceptors (Lipinski definition) is 6. The fourth-order valence-corrected chi connectivity index (χ4v) is 2.48. The molecule has 0 saturated carbocycles. The maximum Gasteiger partial charge on any atom is 0.196 e. The third kappa shape index (κ3) is 3.08. The summed E-state index contributed by atoms with van der Waals surface area (Å²) in [4.78, 5) is 0.327. The van der Waals surface area contributed by atoms with Gasteiger partial charge in [-0.05, 0) is 31.2 Å². The van der Waals surface area contributed by atoms with E-state index in [4.69, 9.17) is 0 Å². The molecule has 0 aliphatic heterocycles. The molecule has 2 rings (SSSR count). The fraction of sp³-hybridized carbons (Fsp3) is 0.364. The van der Waals surface area contributed by atoms with Gasteiger partial charge in [0, 0.05) is 5.69 Å². The molecule has 1 aromatic heterocycles. The molecular weight excluding hydrogens is 266 g/mol. The minimum Gasteiger partial charge on any atom is -0.375 e. The summed E-state index contributed by atoms with van der Waals surface area (Å²) in [6, 6.07) is 6.50. The number of H-pyrrole nitrogens is 1. The third-order valence-electron chi connectivity index (χ3n) is 2.73. The van der Waals surface area contributed by atoms with Gasteiger partial charge in [0.25, 0.3) is 0 Å². The van der Waals surface area contributed by atoms with E-state index in [9.17, 15) is 8.42 Å². The van der Waals surface area contributed by atoms with E-state index >= 15 is 0 Å². The first-order valence-corrected chi connectivity index (χ1v) is 7.51. The molecule has 0 aliphatic rings. The van der Waals surface area contributed by atoms with Gasteiger partial charge in [-0.15, -0.1) is 10.2 Å². The number of tetrazole rings is 1. The summed E-state index contributed by atoms with van der Waals surface area (Å²) in [6.07, 6.45) is 0. The zero-order valence-electron chi connectivity index (χ0n) is 10.7. The van der Waals surface area contributed by atoms with Gasteiger partial charge in [-0.2, -0.15) is 5.21 Å². The van der Waals surface area contributed by atoms with E-state index < -0.39 is 9.84 Å². The predicted molar refractivity (Wildman–Crippen MR) is 70.4 cm³/mol. The van der Waals surface area contributed by atoms with E-state index in [1.54, 1.807) is 31.2 Å². The Hall–Kier alpha value is -1.96. The summed E-state index contributed by atoms with van der Waals surface area (Å²) in [7, 11) is -3.15. The quantitative estimate of drug-likeness (QED) is 0.853. The molecule has 7 nitrogen and oxygen atoms in total. The Morgan fingerprint density at radius 1 is 1.32 bits per heavy atom. The predicted octanol–water partition coefficient (Wildman–Crippen LogP) is 1.17. The van der Waals surface area contributed by atoms with Crippen molar-refractivity contribution in [2.24, 2.45) is 0 Å². The van der Waals surface area contributed by atoms with Crippen LogP contribution in [0.5, 0.6) is 0 Å². The van der Waals surface area contributed by atoms with Crippen LogP contribution in [0.4, 0.5) is 5.69 Å². The van der Waals surface area contributed by atoms with Crippen LogP contribution in [0.25, 0.3) is 0 Å². The van der Waals surface area contributed by atoms with Crippen LogP contribution in [0.1, 0.15) is 25.7 Å². The summed E-state index contributed by atoms with van der Waals surface area (Å²) in [5.74, 6) is 0.643. The second kappa shape index (κ2) is 5.35. The Morgan fingerprint density at radius 3 is 2.53 bits per heavy atom. The zero-order valence-corrected chi connectivity index (χ0v) is 11.5. The first-order chi connectivity index (χ1) is 9.03. The molecule has 0 amide bonds. The highest BCUT2D eigenvalue weighted by Gasteiger charge is 2.12. The van der Waals surface area contributed by atoms with E-state index in [0.717, 1.165) is 5.69 Å². The van der Waals surface area contributed by atoms with Crippen LogP contribution in [-0.2, 0) is 9.84 Å². The summed E-state index contributed by atoms with van der Waals surface area (Å²) in [5.41, 5.74) is 0.798. The standard InChI is InChI=1S/C11H15N5O2S/c1-3-19(17,18)10-6-4-9(5-7-10)12-8(2)11-13-15-16-14-11/h4-8,12H,3H2,1-2H3,(H,13,14,15,16). The van der Waals surface area contributed by atoms with Gasteiger partial charge in [-0.1, -0.05) is 12.1 Å². The van der Waals surface area contributed by atoms with Crippen LogP contribution in [0, 0.1) is 0 Å². The molecule has 1 unspecified atom stereocenters. The van der Waals surface area contributed by atoms with Crippen molar-refractivity contribution in [3.63, 3.8) is 0 Å². The zero-order chi connectivity index (χ0) is 13.9. The number of benzene rings is 1. The maximum absolute atomic E-state index is 11.7. The summed E-state index contributed by atoms with van der Waals surface area (Å²) in [6.45, 7) is 3.52. The minimum atomic E-state index is -3.15. The molecular formula is C11H15N5O2S. The van der Waals surface area contributed by atoms with Crippen LogP contribution in [-0.4, -0.2) is 34.8 Å². The maximum atomic E-state index is 11.7. The minimum absolute atomic E-state index is 0.0963. The van der Waals surface area contributed by atoms with Gasteiger partial charge >= 0.3 is 0 Å². The smallest absolute Gasteiger partial charge is 0.196 e. The third-order valence-corrected chi connectivity index (χ3v) is 4.48. The highest BCUT2D eigenvalue weighted by atomic mass is 32.2. The molecule has 0 fully saturated rings. The Balaban J connectivity index is 2.11. The number of nitrogens with one attached hydrogen (secondary N) is 2. The number of anilines is 1. The summed E-state index contributed by atoms with van der Waals surface area (Å²) < 4.78 is 23.3. The van der Waals surface area contributed by atoms with Gasteiger partial charge in [0.15, 0.2) is 15.7 Å². The first-order valence-electron chi connectivity index (χ1n) is 5.85. The first kappa shape index (κ1) is 13.5. The monoisotopic (exact) mass is 281 g/mol. The van der Waals surface area contributed by atoms with Gasteiger partial charge in [-0.25, -0.2) is 8.42 Å². The van der Waals surface area contributed by atoms with Crippen molar-refractivity contribution < 1.29 is 8.42 Å². The molecule has 0 saturated heterocycles. The van der Waals surface area contributed by atoms with Crippen molar-refractivity contribution >= 4 is 15.5 Å². The van der Waals surface area contributed by atoms with Gasteiger partial charge < -0.3 is 5.32 Å². The number of hydrogen-bond donors (Lipinski definition) is 2. The highest BCUT2D eigenvalue weighted by molar-refractivity contribution is 7.91. The lowest BCUT2D eigenvalue weighted by molar-refractivity contribution is 0.597. The van der Waals surface area contributed by atoms with Gasteiger partial charge in [-0.3, -0.25) is 0 Å². The van der Waals surface area contributed by atoms with E-state index in [2.05, 4.69) is 25.9 Å². The molecule has 2 N–H and O–H groups in total. The van der Waals surface area contributed by atoms with E-state index in [-0.39, 0.29) is 11.8 Å². The molecule has 8 heteroatoms. The van der Waals surface area contributed by atoms with Crippen molar-refractivity contribution in [1.29, 1.82) is 0 Å². The molecule has 2 aromatic rings. The lowest BCUT2D eigenvalue weighted by atomic mass is 10.2. The van der Waals surface area contributed by atoms with Crippen LogP contribution < -0.4 is 5.32 Å². The lowest BCUT2D eigenvalue weighted by Crippen LogP contribution is -2.09. The Kier molecular flexibility index (Phi) is 3.79. The molecule has 1 heterocycles. The van der Waals surface area contributed by atoms with Gasteiger partial charge in [0.2, 0.25) is 0 Å². The number of sulfone groups is 1. The SMILES string of the molecule is CCS(=O)(=O)c1ccc(NC(C)c2nn[nH]n2)cc1.